The van der Waals surface area contributed by atoms with Gasteiger partial charge in [-0.05, 0) is 43.7 Å². The fourth-order valence-corrected chi connectivity index (χ4v) is 4.36. The van der Waals surface area contributed by atoms with Gasteiger partial charge in [0.1, 0.15) is 6.10 Å². The summed E-state index contributed by atoms with van der Waals surface area (Å²) in [6.07, 6.45) is 4.04. The smallest absolute Gasteiger partial charge is 0.381 e. The molecule has 3 heterocycles. The molecule has 1 atom stereocenters. The molecule has 3 fully saturated rings. The maximum atomic E-state index is 12.9. The van der Waals surface area contributed by atoms with Crippen LogP contribution in [0.3, 0.4) is 0 Å². The number of nitrogens with zero attached hydrogens (tertiary/aromatic N) is 1. The highest BCUT2D eigenvalue weighted by atomic mass is 16.5. The lowest BCUT2D eigenvalue weighted by Crippen LogP contribution is -2.42. The SMILES string of the molecule is O=C(NC1(c2cccc(-c3noc(=O)[nH]3)c2)CC1)C1CC2(CCOCC2)CO1. The molecule has 2 aromatic rings. The first-order valence-corrected chi connectivity index (χ1v) is 9.76. The van der Waals surface area contributed by atoms with Crippen LogP contribution < -0.4 is 11.1 Å². The maximum Gasteiger partial charge on any atom is 0.439 e. The Morgan fingerprint density at radius 1 is 1.21 bits per heavy atom. The average molecular weight is 385 g/mol. The van der Waals surface area contributed by atoms with E-state index in [0.29, 0.717) is 12.4 Å². The van der Waals surface area contributed by atoms with Gasteiger partial charge in [0.2, 0.25) is 5.91 Å². The highest BCUT2D eigenvalue weighted by Gasteiger charge is 2.49. The van der Waals surface area contributed by atoms with Crippen molar-refractivity contribution in [2.24, 2.45) is 5.41 Å². The molecule has 2 saturated heterocycles. The first-order valence-electron chi connectivity index (χ1n) is 9.76. The molecule has 1 unspecified atom stereocenters. The minimum atomic E-state index is -0.588. The van der Waals surface area contributed by atoms with Gasteiger partial charge in [-0.25, -0.2) is 4.79 Å². The molecule has 0 radical (unpaired) electrons. The number of ether oxygens (including phenoxy) is 2. The van der Waals surface area contributed by atoms with Crippen LogP contribution in [0.5, 0.6) is 0 Å². The molecule has 148 valence electrons. The fourth-order valence-electron chi connectivity index (χ4n) is 4.36. The number of hydrogen-bond acceptors (Lipinski definition) is 6. The second kappa shape index (κ2) is 6.56. The lowest BCUT2D eigenvalue weighted by atomic mass is 9.78. The zero-order valence-corrected chi connectivity index (χ0v) is 15.5. The summed E-state index contributed by atoms with van der Waals surface area (Å²) in [5, 5.41) is 6.96. The third kappa shape index (κ3) is 3.16. The van der Waals surface area contributed by atoms with E-state index < -0.39 is 11.9 Å². The van der Waals surface area contributed by atoms with Crippen LogP contribution in [0.25, 0.3) is 11.4 Å². The Labute approximate surface area is 161 Å². The molecule has 1 aromatic heterocycles. The Morgan fingerprint density at radius 2 is 2.04 bits per heavy atom. The van der Waals surface area contributed by atoms with Crippen LogP contribution in [-0.2, 0) is 19.8 Å². The van der Waals surface area contributed by atoms with Crippen LogP contribution in [0.1, 0.15) is 37.7 Å². The Morgan fingerprint density at radius 3 is 2.75 bits per heavy atom. The summed E-state index contributed by atoms with van der Waals surface area (Å²) in [5.41, 5.74) is 1.48. The molecule has 1 aliphatic carbocycles. The number of carbonyl (C=O) groups excluding carboxylic acids is 1. The van der Waals surface area contributed by atoms with E-state index in [1.165, 1.54) is 0 Å². The predicted octanol–water partition coefficient (Wildman–Crippen LogP) is 1.72. The molecule has 2 N–H and O–H groups in total. The van der Waals surface area contributed by atoms with Crippen LogP contribution in [0, 0.1) is 5.41 Å². The van der Waals surface area contributed by atoms with E-state index in [9.17, 15) is 9.59 Å². The Kier molecular flexibility index (Phi) is 4.13. The fraction of sp³-hybridized carbons (Fsp3) is 0.550. The van der Waals surface area contributed by atoms with Gasteiger partial charge in [-0.2, -0.15) is 0 Å². The standard InChI is InChI=1S/C20H23N3O5/c24-17(15-11-19(12-27-15)6-8-26-9-7-19)22-20(4-5-20)14-3-1-2-13(10-14)16-21-18(25)28-23-16/h1-3,10,15H,4-9,11-12H2,(H,22,24)(H,21,23,25). The molecule has 1 amide bonds. The van der Waals surface area contributed by atoms with Crippen molar-refractivity contribution >= 4 is 5.91 Å². The van der Waals surface area contributed by atoms with Gasteiger partial charge in [-0.3, -0.25) is 14.3 Å². The lowest BCUT2D eigenvalue weighted by molar-refractivity contribution is -0.131. The summed E-state index contributed by atoms with van der Waals surface area (Å²) in [5.74, 6) is -0.244. The molecular weight excluding hydrogens is 362 g/mol. The molecule has 8 heteroatoms. The summed E-state index contributed by atoms with van der Waals surface area (Å²) >= 11 is 0. The van der Waals surface area contributed by atoms with Gasteiger partial charge in [0.05, 0.1) is 12.1 Å². The maximum absolute atomic E-state index is 12.9. The van der Waals surface area contributed by atoms with E-state index in [1.807, 2.05) is 24.3 Å². The highest BCUT2D eigenvalue weighted by molar-refractivity contribution is 5.82. The van der Waals surface area contributed by atoms with Crippen LogP contribution in [0.4, 0.5) is 0 Å². The van der Waals surface area contributed by atoms with Crippen LogP contribution in [-0.4, -0.2) is 42.0 Å². The van der Waals surface area contributed by atoms with E-state index in [-0.39, 0.29) is 16.9 Å². The van der Waals surface area contributed by atoms with E-state index >= 15 is 0 Å². The third-order valence-corrected chi connectivity index (χ3v) is 6.30. The molecule has 0 bridgehead atoms. The molecule has 1 spiro atoms. The van der Waals surface area contributed by atoms with Crippen LogP contribution in [0.15, 0.2) is 33.6 Å². The summed E-state index contributed by atoms with van der Waals surface area (Å²) in [4.78, 5) is 26.7. The monoisotopic (exact) mass is 385 g/mol. The number of amides is 1. The van der Waals surface area contributed by atoms with Gasteiger partial charge in [0.25, 0.3) is 0 Å². The molecule has 8 nitrogen and oxygen atoms in total. The summed E-state index contributed by atoms with van der Waals surface area (Å²) in [7, 11) is 0. The minimum absolute atomic E-state index is 0.0406. The van der Waals surface area contributed by atoms with Gasteiger partial charge < -0.3 is 14.8 Å². The van der Waals surface area contributed by atoms with Crippen molar-refractivity contribution in [2.75, 3.05) is 19.8 Å². The Balaban J connectivity index is 1.30. The number of aromatic nitrogens is 2. The zero-order chi connectivity index (χ0) is 19.2. The summed E-state index contributed by atoms with van der Waals surface area (Å²) < 4.78 is 15.9. The van der Waals surface area contributed by atoms with Crippen LogP contribution in [0.2, 0.25) is 0 Å². The van der Waals surface area contributed by atoms with Crippen molar-refractivity contribution in [3.8, 4) is 11.4 Å². The molecule has 5 rings (SSSR count). The van der Waals surface area contributed by atoms with Gasteiger partial charge in [0.15, 0.2) is 5.82 Å². The van der Waals surface area contributed by atoms with Crippen molar-refractivity contribution < 1.29 is 18.8 Å². The number of rotatable bonds is 4. The largest absolute Gasteiger partial charge is 0.439 e. The first kappa shape index (κ1) is 17.6. The van der Waals surface area contributed by atoms with Crippen molar-refractivity contribution in [2.45, 2.75) is 43.7 Å². The van der Waals surface area contributed by atoms with E-state index in [0.717, 1.165) is 56.4 Å². The molecule has 2 aliphatic heterocycles. The minimum Gasteiger partial charge on any atom is -0.381 e. The van der Waals surface area contributed by atoms with E-state index in [1.54, 1.807) is 0 Å². The predicted molar refractivity (Wildman–Crippen MR) is 98.5 cm³/mol. The van der Waals surface area contributed by atoms with Gasteiger partial charge in [-0.1, -0.05) is 23.4 Å². The Hall–Kier alpha value is -2.45. The number of hydrogen-bond donors (Lipinski definition) is 2. The normalized spacial score (nSPS) is 24.9. The molecule has 3 aliphatic rings. The van der Waals surface area contributed by atoms with Crippen molar-refractivity contribution in [3.05, 3.63) is 40.4 Å². The van der Waals surface area contributed by atoms with Crippen molar-refractivity contribution in [1.82, 2.24) is 15.5 Å². The average Bonchev–Trinajstić information content (AvgIpc) is 3.17. The van der Waals surface area contributed by atoms with Gasteiger partial charge >= 0.3 is 5.76 Å². The second-order valence-electron chi connectivity index (χ2n) is 8.21. The van der Waals surface area contributed by atoms with Crippen molar-refractivity contribution in [1.29, 1.82) is 0 Å². The number of H-pyrrole nitrogens is 1. The second-order valence-corrected chi connectivity index (χ2v) is 8.21. The zero-order valence-electron chi connectivity index (χ0n) is 15.5. The lowest BCUT2D eigenvalue weighted by Gasteiger charge is -2.31. The Bertz CT molecular complexity index is 939. The summed E-state index contributed by atoms with van der Waals surface area (Å²) in [6.45, 7) is 2.13. The number of benzene rings is 1. The number of aromatic amines is 1. The molecule has 1 saturated carbocycles. The molecule has 1 aromatic carbocycles. The highest BCUT2D eigenvalue weighted by Crippen LogP contribution is 2.47. The first-order chi connectivity index (χ1) is 13.6. The van der Waals surface area contributed by atoms with Crippen molar-refractivity contribution in [3.63, 3.8) is 0 Å². The van der Waals surface area contributed by atoms with E-state index in [4.69, 9.17) is 9.47 Å². The third-order valence-electron chi connectivity index (χ3n) is 6.30. The number of nitrogens with one attached hydrogen (secondary N) is 2. The molecular formula is C20H23N3O5. The topological polar surface area (TPSA) is 106 Å². The molecule has 28 heavy (non-hydrogen) atoms. The summed E-state index contributed by atoms with van der Waals surface area (Å²) in [6, 6.07) is 7.68. The van der Waals surface area contributed by atoms with Crippen LogP contribution >= 0.6 is 0 Å². The van der Waals surface area contributed by atoms with Gasteiger partial charge in [0, 0.05) is 24.2 Å². The van der Waals surface area contributed by atoms with Gasteiger partial charge in [-0.15, -0.1) is 0 Å². The quantitative estimate of drug-likeness (QED) is 0.830. The number of carbonyl (C=O) groups is 1. The van der Waals surface area contributed by atoms with E-state index in [2.05, 4.69) is 20.0 Å².